The van der Waals surface area contributed by atoms with E-state index in [1.807, 2.05) is 0 Å². The molecule has 0 radical (unpaired) electrons. The second-order valence-corrected chi connectivity index (χ2v) is 15.4. The Morgan fingerprint density at radius 2 is 0.761 bits per heavy atom. The molecule has 0 fully saturated rings. The summed E-state index contributed by atoms with van der Waals surface area (Å²) in [6.45, 7) is 0. The van der Waals surface area contributed by atoms with E-state index < -0.39 is 369 Å². The van der Waals surface area contributed by atoms with E-state index in [-0.39, 0.29) is 0 Å². The molecule has 5 heterocycles. The number of aromatic nitrogens is 7. The summed E-state index contributed by atoms with van der Waals surface area (Å²) in [5, 5.41) is -4.49. The summed E-state index contributed by atoms with van der Waals surface area (Å²) in [7, 11) is 0. The van der Waals surface area contributed by atoms with Gasteiger partial charge < -0.3 is 9.13 Å². The Kier molecular flexibility index (Phi) is 3.80. The Hall–Kier alpha value is -9.59. The fourth-order valence-corrected chi connectivity index (χ4v) is 8.92. The molecule has 0 amide bonds. The largest absolute Gasteiger partial charge is 0.309 e. The molecule has 1 aliphatic carbocycles. The van der Waals surface area contributed by atoms with Crippen LogP contribution in [0, 0.1) is 0 Å². The standard InChI is InChI=1S/C64H41N7/c1-2-22-43-44-23-4-11-31-52(44)68(51(43)30-3-1)59-38-19-39-60(69-53-32-12-5-24-45(53)46-25-6-13-33-54(46)69)61(59)41-20-18-21-42(40-41)62-65-63(70-55-34-14-7-26-47(55)48-27-8-15-35-56(48)70)67-64(66-62)71-57-36-16-9-28-49(57)50-29-10-17-37-58(50)71/h2-40H,1H2/i2D,3D,4D,5D,6D,7D,8D,9D,10D,11D,12D,13D,14D,15D,16D,17D,18D,19D,21D,22D,23D,24D,25D,26D,27D,28D,29D,30D,31D,32D,33D,34D,35D,36D,37D,38D,39D,40D. The van der Waals surface area contributed by atoms with Gasteiger partial charge in [-0.15, -0.1) is 0 Å². The van der Waals surface area contributed by atoms with Crippen LogP contribution in [0.2, 0.25) is 0 Å². The summed E-state index contributed by atoms with van der Waals surface area (Å²) in [5.74, 6) is -3.28. The first-order valence-electron chi connectivity index (χ1n) is 40.1. The van der Waals surface area contributed by atoms with Gasteiger partial charge in [-0.2, -0.15) is 15.0 Å². The van der Waals surface area contributed by atoms with Crippen LogP contribution >= 0.6 is 0 Å². The molecule has 7 heteroatoms. The van der Waals surface area contributed by atoms with Gasteiger partial charge in [0.05, 0.1) is 108 Å². The van der Waals surface area contributed by atoms with Gasteiger partial charge >= 0.3 is 0 Å². The predicted octanol–water partition coefficient (Wildman–Crippen LogP) is 15.9. The van der Waals surface area contributed by atoms with Crippen LogP contribution < -0.4 is 0 Å². The van der Waals surface area contributed by atoms with Gasteiger partial charge in [-0.3, -0.25) is 9.13 Å². The zero-order chi connectivity index (χ0) is 79.6. The van der Waals surface area contributed by atoms with Crippen LogP contribution in [0.15, 0.2) is 224 Å². The number of para-hydroxylation sites is 7. The third-order valence-electron chi connectivity index (χ3n) is 11.8. The highest BCUT2D eigenvalue weighted by atomic mass is 15.3. The summed E-state index contributed by atoms with van der Waals surface area (Å²) in [5.41, 5.74) is -12.1. The van der Waals surface area contributed by atoms with Crippen molar-refractivity contribution in [2.24, 2.45) is 0 Å². The lowest BCUT2D eigenvalue weighted by molar-refractivity contribution is 0.893. The van der Waals surface area contributed by atoms with Crippen LogP contribution in [0.3, 0.4) is 0 Å². The molecule has 0 saturated heterocycles. The van der Waals surface area contributed by atoms with Gasteiger partial charge in [0.25, 0.3) is 0 Å². The molecular formula is C64H41N7. The molecular weight excluding hydrogens is 867 g/mol. The predicted molar refractivity (Wildman–Crippen MR) is 293 cm³/mol. The average Bonchev–Trinajstić information content (AvgIpc) is 1.56. The maximum Gasteiger partial charge on any atom is 0.240 e. The smallest absolute Gasteiger partial charge is 0.240 e. The Bertz CT molecular complexity index is 6450. The molecule has 0 atom stereocenters. The Balaban J connectivity index is 1.23. The van der Waals surface area contributed by atoms with Crippen molar-refractivity contribution in [3.05, 3.63) is 235 Å². The SMILES string of the molecule is [2H]C1=C([2H])c2c(n(-c3c([2H])c([2H])c([2H])c(-n4c5c([2H])c([2H])c([2H])c([2H])c5c5c([2H])c([2H])c([2H])c([2H])c54)c3-c3cc([2H])c([2H])c(-c4nc(-n5c6c([2H])c([2H])c([2H])c([2H])c6c6c([2H])c([2H])c([2H])c([2H])c65)nc(-n5c6c([2H])c([2H])c([2H])c([2H])c6c6c([2H])c([2H])c([2H])c([2H])c65)n4)c3[2H])c3c([2H])c([2H])c([2H])c([2H])c23)C([2H])=C([2H])C1. The van der Waals surface area contributed by atoms with E-state index in [2.05, 4.69) is 15.0 Å². The summed E-state index contributed by atoms with van der Waals surface area (Å²) < 4.78 is 358. The van der Waals surface area contributed by atoms with Crippen molar-refractivity contribution >= 4 is 88.4 Å². The van der Waals surface area contributed by atoms with E-state index in [1.54, 1.807) is 0 Å². The highest BCUT2D eigenvalue weighted by Gasteiger charge is 2.25. The Labute approximate surface area is 461 Å². The molecule has 0 aliphatic heterocycles. The highest BCUT2D eigenvalue weighted by molar-refractivity contribution is 6.12. The van der Waals surface area contributed by atoms with Gasteiger partial charge in [0.1, 0.15) is 0 Å². The maximum atomic E-state index is 10.8. The number of nitrogens with zero attached hydrogens (tertiary/aromatic N) is 7. The fraction of sp³-hybridized carbons (Fsp3) is 0.0156. The average molecular weight is 946 g/mol. The van der Waals surface area contributed by atoms with Crippen LogP contribution in [0.1, 0.15) is 69.8 Å². The fourth-order valence-electron chi connectivity index (χ4n) is 8.92. The third kappa shape index (κ3) is 5.87. The molecule has 15 rings (SSSR count). The van der Waals surface area contributed by atoms with E-state index in [1.165, 1.54) is 0 Å². The van der Waals surface area contributed by atoms with E-state index in [0.29, 0.717) is 24.3 Å². The summed E-state index contributed by atoms with van der Waals surface area (Å²) >= 11 is 0. The Morgan fingerprint density at radius 3 is 1.25 bits per heavy atom. The van der Waals surface area contributed by atoms with E-state index in [0.717, 1.165) is 0 Å². The van der Waals surface area contributed by atoms with Crippen LogP contribution in [-0.4, -0.2) is 33.2 Å². The van der Waals surface area contributed by atoms with Crippen molar-refractivity contribution in [3.8, 4) is 45.8 Å². The second-order valence-electron chi connectivity index (χ2n) is 15.4. The van der Waals surface area contributed by atoms with Crippen molar-refractivity contribution in [1.29, 1.82) is 0 Å². The monoisotopic (exact) mass is 946 g/mol. The molecule has 0 unspecified atom stereocenters. The van der Waals surface area contributed by atoms with Gasteiger partial charge in [-0.05, 0) is 78.5 Å². The lowest BCUT2D eigenvalue weighted by Crippen LogP contribution is -2.10. The number of allylic oxidation sites excluding steroid dienone is 2. The van der Waals surface area contributed by atoms with Gasteiger partial charge in [-0.1, -0.05) is 169 Å². The lowest BCUT2D eigenvalue weighted by Gasteiger charge is -2.21. The zero-order valence-electron chi connectivity index (χ0n) is 73.4. The number of rotatable bonds is 6. The quantitative estimate of drug-likeness (QED) is 0.167. The third-order valence-corrected chi connectivity index (χ3v) is 11.8. The van der Waals surface area contributed by atoms with Crippen molar-refractivity contribution < 1.29 is 52.1 Å². The normalized spacial score (nSPS) is 20.7. The minimum atomic E-state index is -1.26. The molecule has 0 spiro atoms. The maximum absolute atomic E-state index is 10.8. The minimum Gasteiger partial charge on any atom is -0.309 e. The van der Waals surface area contributed by atoms with Gasteiger partial charge in [0.2, 0.25) is 11.9 Å². The second kappa shape index (κ2) is 15.5. The van der Waals surface area contributed by atoms with Crippen molar-refractivity contribution in [2.45, 2.75) is 6.42 Å². The molecule has 9 aromatic carbocycles. The van der Waals surface area contributed by atoms with Crippen LogP contribution in [0.25, 0.3) is 134 Å². The topological polar surface area (TPSA) is 58.4 Å². The van der Waals surface area contributed by atoms with Crippen LogP contribution in [-0.2, 0) is 0 Å². The number of fused-ring (bicyclic) bond motifs is 12. The van der Waals surface area contributed by atoms with Crippen molar-refractivity contribution in [1.82, 2.24) is 33.2 Å². The first-order chi connectivity index (χ1) is 51.0. The molecule has 0 saturated carbocycles. The zero-order valence-corrected chi connectivity index (χ0v) is 35.4. The summed E-state index contributed by atoms with van der Waals surface area (Å²) in [4.78, 5) is 14.0. The van der Waals surface area contributed by atoms with Gasteiger partial charge in [-0.25, -0.2) is 0 Å². The van der Waals surface area contributed by atoms with Crippen molar-refractivity contribution in [3.63, 3.8) is 0 Å². The molecule has 1 aliphatic rings. The molecule has 5 aromatic heterocycles. The first-order valence-corrected chi connectivity index (χ1v) is 21.1. The van der Waals surface area contributed by atoms with Gasteiger partial charge in [0.15, 0.2) is 5.82 Å². The molecule has 0 N–H and O–H groups in total. The summed E-state index contributed by atoms with van der Waals surface area (Å²) in [6.07, 6.45) is -0.795. The van der Waals surface area contributed by atoms with E-state index in [9.17, 15) is 31.5 Å². The Morgan fingerprint density at radius 1 is 0.352 bits per heavy atom. The molecule has 0 bridgehead atoms. The van der Waals surface area contributed by atoms with Crippen LogP contribution in [0.4, 0.5) is 0 Å². The van der Waals surface area contributed by atoms with Crippen molar-refractivity contribution in [2.75, 3.05) is 0 Å². The molecule has 7 nitrogen and oxygen atoms in total. The lowest BCUT2D eigenvalue weighted by atomic mass is 9.98. The number of hydrogen-bond donors (Lipinski definition) is 0. The highest BCUT2D eigenvalue weighted by Crippen LogP contribution is 2.43. The molecule has 71 heavy (non-hydrogen) atoms. The van der Waals surface area contributed by atoms with Gasteiger partial charge in [0, 0.05) is 54.4 Å². The van der Waals surface area contributed by atoms with Crippen LogP contribution in [0.5, 0.6) is 0 Å². The molecule has 14 aromatic rings. The number of hydrogen-bond acceptors (Lipinski definition) is 3. The van der Waals surface area contributed by atoms with E-state index >= 15 is 0 Å². The van der Waals surface area contributed by atoms with E-state index in [4.69, 9.17) is 20.6 Å². The minimum absolute atomic E-state index is 0.611. The number of benzene rings is 9. The molecule has 332 valence electrons. The first kappa shape index (κ1) is 17.4. The summed E-state index contributed by atoms with van der Waals surface area (Å²) in [6, 6.07) is -37.4.